The highest BCUT2D eigenvalue weighted by Crippen LogP contribution is 2.05. The Morgan fingerprint density at radius 1 is 0.963 bits per heavy atom. The van der Waals surface area contributed by atoms with Crippen molar-refractivity contribution in [3.8, 4) is 0 Å². The molecule has 0 bridgehead atoms. The molecule has 0 radical (unpaired) electrons. The van der Waals surface area contributed by atoms with Gasteiger partial charge in [0, 0.05) is 0 Å². The minimum Gasteiger partial charge on any atom is -0.481 e. The van der Waals surface area contributed by atoms with Crippen LogP contribution < -0.4 is 21.7 Å². The lowest BCUT2D eigenvalue weighted by Gasteiger charge is -2.22. The number of aliphatic hydroxyl groups excluding tert-OH is 1. The number of rotatable bonds is 12. The highest BCUT2D eigenvalue weighted by atomic mass is 16.4. The van der Waals surface area contributed by atoms with Crippen LogP contribution in [0.15, 0.2) is 0 Å². The molecule has 0 fully saturated rings. The van der Waals surface area contributed by atoms with Crippen LogP contribution in [0.25, 0.3) is 0 Å². The van der Waals surface area contributed by atoms with Crippen LogP contribution in [-0.4, -0.2) is 76.3 Å². The van der Waals surface area contributed by atoms with Gasteiger partial charge in [-0.3, -0.25) is 19.2 Å². The van der Waals surface area contributed by atoms with Gasteiger partial charge in [-0.2, -0.15) is 0 Å². The summed E-state index contributed by atoms with van der Waals surface area (Å²) in [6, 6.07) is -3.90. The molecule has 3 atom stereocenters. The molecule has 0 aromatic heterocycles. The molecule has 12 heteroatoms. The zero-order valence-corrected chi connectivity index (χ0v) is 15.1. The molecule has 0 aliphatic carbocycles. The van der Waals surface area contributed by atoms with Gasteiger partial charge in [0.05, 0.1) is 25.6 Å². The van der Waals surface area contributed by atoms with Gasteiger partial charge in [0.25, 0.3) is 0 Å². The van der Waals surface area contributed by atoms with Crippen molar-refractivity contribution in [3.05, 3.63) is 0 Å². The Morgan fingerprint density at radius 2 is 1.56 bits per heavy atom. The monoisotopic (exact) mass is 390 g/mol. The van der Waals surface area contributed by atoms with Crippen molar-refractivity contribution in [2.75, 3.05) is 13.2 Å². The van der Waals surface area contributed by atoms with Crippen LogP contribution in [-0.2, 0) is 24.0 Å². The molecular weight excluding hydrogens is 364 g/mol. The van der Waals surface area contributed by atoms with E-state index in [1.54, 1.807) is 13.8 Å². The first-order chi connectivity index (χ1) is 12.5. The van der Waals surface area contributed by atoms with Crippen LogP contribution in [0, 0.1) is 5.92 Å². The lowest BCUT2D eigenvalue weighted by Crippen LogP contribution is -2.54. The number of hydrogen-bond acceptors (Lipinski definition) is 7. The number of nitrogens with two attached hydrogens (primary N) is 1. The van der Waals surface area contributed by atoms with Crippen LogP contribution in [0.2, 0.25) is 0 Å². The number of carboxylic acid groups (broad SMARTS) is 2. The van der Waals surface area contributed by atoms with Crippen LogP contribution in [0.3, 0.4) is 0 Å². The van der Waals surface area contributed by atoms with Gasteiger partial charge in [0.2, 0.25) is 17.7 Å². The van der Waals surface area contributed by atoms with Gasteiger partial charge < -0.3 is 37.0 Å². The molecule has 0 saturated carbocycles. The van der Waals surface area contributed by atoms with E-state index in [2.05, 4.69) is 10.6 Å². The SMILES string of the molecule is CC(C)C[C@H](NC(=O)[C@@H](N)CC(=O)O)C(=O)NCC(=O)N[C@@H](CO)C(=O)O. The molecule has 0 rings (SSSR count). The summed E-state index contributed by atoms with van der Waals surface area (Å²) in [5.41, 5.74) is 5.45. The number of aliphatic carboxylic acids is 2. The van der Waals surface area contributed by atoms with Gasteiger partial charge in [-0.15, -0.1) is 0 Å². The summed E-state index contributed by atoms with van der Waals surface area (Å²) in [5, 5.41) is 32.8. The molecule has 12 nitrogen and oxygen atoms in total. The van der Waals surface area contributed by atoms with Crippen molar-refractivity contribution >= 4 is 29.7 Å². The van der Waals surface area contributed by atoms with E-state index < -0.39 is 67.4 Å². The molecule has 0 saturated heterocycles. The fourth-order valence-electron chi connectivity index (χ4n) is 1.98. The first kappa shape index (κ1) is 24.3. The highest BCUT2D eigenvalue weighted by Gasteiger charge is 2.26. The average Bonchev–Trinajstić information content (AvgIpc) is 2.55. The number of nitrogens with one attached hydrogen (secondary N) is 3. The number of aliphatic hydroxyl groups is 1. The van der Waals surface area contributed by atoms with Gasteiger partial charge in [-0.05, 0) is 12.3 Å². The molecule has 0 aromatic carbocycles. The second-order valence-electron chi connectivity index (χ2n) is 6.25. The molecule has 0 aliphatic heterocycles. The number of hydrogen-bond donors (Lipinski definition) is 7. The minimum atomic E-state index is -1.51. The van der Waals surface area contributed by atoms with Gasteiger partial charge in [-0.1, -0.05) is 13.8 Å². The van der Waals surface area contributed by atoms with Gasteiger partial charge in [0.1, 0.15) is 12.1 Å². The molecule has 0 aromatic rings. The van der Waals surface area contributed by atoms with Crippen molar-refractivity contribution < 1.29 is 39.3 Å². The minimum absolute atomic E-state index is 0.0173. The largest absolute Gasteiger partial charge is 0.481 e. The Bertz CT molecular complexity index is 566. The summed E-state index contributed by atoms with van der Waals surface area (Å²) >= 11 is 0. The Balaban J connectivity index is 4.78. The van der Waals surface area contributed by atoms with Crippen molar-refractivity contribution in [3.63, 3.8) is 0 Å². The van der Waals surface area contributed by atoms with Crippen LogP contribution in [0.1, 0.15) is 26.7 Å². The summed E-state index contributed by atoms with van der Waals surface area (Å²) in [6.07, 6.45) is -0.407. The fraction of sp³-hybridized carbons (Fsp3) is 0.667. The average molecular weight is 390 g/mol. The molecule has 0 spiro atoms. The first-order valence-corrected chi connectivity index (χ1v) is 8.16. The number of amides is 3. The predicted molar refractivity (Wildman–Crippen MR) is 91.3 cm³/mol. The molecular formula is C15H26N4O8. The fourth-order valence-corrected chi connectivity index (χ4v) is 1.98. The van der Waals surface area contributed by atoms with E-state index in [-0.39, 0.29) is 12.3 Å². The molecule has 27 heavy (non-hydrogen) atoms. The van der Waals surface area contributed by atoms with Crippen molar-refractivity contribution in [2.45, 2.75) is 44.8 Å². The van der Waals surface area contributed by atoms with E-state index >= 15 is 0 Å². The third-order valence-corrected chi connectivity index (χ3v) is 3.31. The molecule has 3 amide bonds. The number of carboxylic acids is 2. The quantitative estimate of drug-likeness (QED) is 0.181. The van der Waals surface area contributed by atoms with Gasteiger partial charge >= 0.3 is 11.9 Å². The summed E-state index contributed by atoms with van der Waals surface area (Å²) < 4.78 is 0. The van der Waals surface area contributed by atoms with Crippen LogP contribution >= 0.6 is 0 Å². The third kappa shape index (κ3) is 10.1. The second kappa shape index (κ2) is 11.8. The lowest BCUT2D eigenvalue weighted by atomic mass is 10.0. The zero-order valence-electron chi connectivity index (χ0n) is 15.1. The smallest absolute Gasteiger partial charge is 0.328 e. The van der Waals surface area contributed by atoms with E-state index in [9.17, 15) is 24.0 Å². The van der Waals surface area contributed by atoms with Gasteiger partial charge in [0.15, 0.2) is 0 Å². The first-order valence-electron chi connectivity index (χ1n) is 8.16. The summed E-state index contributed by atoms with van der Waals surface area (Å²) in [4.78, 5) is 57.1. The van der Waals surface area contributed by atoms with Crippen molar-refractivity contribution in [1.29, 1.82) is 0 Å². The van der Waals surface area contributed by atoms with Crippen molar-refractivity contribution in [1.82, 2.24) is 16.0 Å². The summed E-state index contributed by atoms with van der Waals surface area (Å²) in [5.74, 6) is -5.11. The number of carbonyl (C=O) groups excluding carboxylic acids is 3. The molecule has 0 heterocycles. The second-order valence-corrected chi connectivity index (χ2v) is 6.25. The molecule has 0 unspecified atom stereocenters. The topological polar surface area (TPSA) is 208 Å². The van der Waals surface area contributed by atoms with Gasteiger partial charge in [-0.25, -0.2) is 4.79 Å². The van der Waals surface area contributed by atoms with E-state index in [0.717, 1.165) is 0 Å². The maximum absolute atomic E-state index is 12.2. The highest BCUT2D eigenvalue weighted by molar-refractivity contribution is 5.93. The maximum Gasteiger partial charge on any atom is 0.328 e. The molecule has 0 aliphatic rings. The predicted octanol–water partition coefficient (Wildman–Crippen LogP) is -3.00. The Morgan fingerprint density at radius 3 is 2.00 bits per heavy atom. The van der Waals surface area contributed by atoms with Crippen LogP contribution in [0.4, 0.5) is 0 Å². The lowest BCUT2D eigenvalue weighted by molar-refractivity contribution is -0.142. The standard InChI is InChI=1S/C15H26N4O8/c1-7(2)3-9(19-13(24)8(16)4-12(22)23)14(25)17-5-11(21)18-10(6-20)15(26)27/h7-10,20H,3-6,16H2,1-2H3,(H,17,25)(H,18,21)(H,19,24)(H,22,23)(H,26,27)/t8-,9-,10-/m0/s1. The van der Waals surface area contributed by atoms with Crippen LogP contribution in [0.5, 0.6) is 0 Å². The van der Waals surface area contributed by atoms with E-state index in [4.69, 9.17) is 21.1 Å². The normalized spacial score (nSPS) is 14.0. The Hall–Kier alpha value is -2.73. The van der Waals surface area contributed by atoms with E-state index in [1.165, 1.54) is 0 Å². The number of carbonyl (C=O) groups is 5. The summed E-state index contributed by atoms with van der Waals surface area (Å²) in [6.45, 7) is 2.18. The Labute approximate surface area is 155 Å². The molecule has 154 valence electrons. The van der Waals surface area contributed by atoms with Crippen molar-refractivity contribution in [2.24, 2.45) is 11.7 Å². The Kier molecular flexibility index (Phi) is 10.6. The maximum atomic E-state index is 12.2. The van der Waals surface area contributed by atoms with E-state index in [0.29, 0.717) is 0 Å². The zero-order chi connectivity index (χ0) is 21.1. The third-order valence-electron chi connectivity index (χ3n) is 3.31. The summed E-state index contributed by atoms with van der Waals surface area (Å²) in [7, 11) is 0. The molecule has 8 N–H and O–H groups in total. The van der Waals surface area contributed by atoms with E-state index in [1.807, 2.05) is 5.32 Å².